The molecule has 3 rings (SSSR count). The van der Waals surface area contributed by atoms with Crippen LogP contribution in [0.15, 0.2) is 40.9 Å². The maximum absolute atomic E-state index is 12.9. The molecule has 0 aliphatic carbocycles. The van der Waals surface area contributed by atoms with Crippen molar-refractivity contribution in [3.63, 3.8) is 0 Å². The number of hydrogen-bond acceptors (Lipinski definition) is 6. The molecule has 2 aromatic carbocycles. The van der Waals surface area contributed by atoms with Crippen LogP contribution in [0.2, 0.25) is 0 Å². The first-order valence-electron chi connectivity index (χ1n) is 7.19. The van der Waals surface area contributed by atoms with E-state index in [0.717, 1.165) is 0 Å². The fraction of sp³-hybridized carbons (Fsp3) is 0.188. The van der Waals surface area contributed by atoms with E-state index in [4.69, 9.17) is 9.29 Å². The number of rotatable bonds is 3. The summed E-state index contributed by atoms with van der Waals surface area (Å²) in [5.41, 5.74) is 0.755. The zero-order chi connectivity index (χ0) is 19.3. The number of carbonyl (C=O) groups is 1. The smallest absolute Gasteiger partial charge is 0.446 e. The Morgan fingerprint density at radius 3 is 2.54 bits per heavy atom. The minimum atomic E-state index is -4.71. The average Bonchev–Trinajstić information content (AvgIpc) is 2.53. The molecule has 0 bridgehead atoms. The van der Waals surface area contributed by atoms with E-state index in [9.17, 15) is 18.3 Å². The van der Waals surface area contributed by atoms with Gasteiger partial charge in [0.1, 0.15) is 27.7 Å². The first-order chi connectivity index (χ1) is 12.0. The summed E-state index contributed by atoms with van der Waals surface area (Å²) in [5, 5.41) is 9.66. The Hall–Kier alpha value is -1.62. The third-order valence-electron chi connectivity index (χ3n) is 3.85. The van der Waals surface area contributed by atoms with Crippen LogP contribution in [0.3, 0.4) is 0 Å². The second kappa shape index (κ2) is 6.52. The number of benzene rings is 2. The molecule has 10 heteroatoms. The molecule has 0 fully saturated rings. The Kier molecular flexibility index (Phi) is 4.80. The van der Waals surface area contributed by atoms with E-state index in [0.29, 0.717) is 10.0 Å². The van der Waals surface area contributed by atoms with Gasteiger partial charge < -0.3 is 14.0 Å². The maximum atomic E-state index is 12.9. The van der Waals surface area contributed by atoms with Crippen LogP contribution in [0.5, 0.6) is 17.2 Å². The molecule has 0 saturated carbocycles. The van der Waals surface area contributed by atoms with Gasteiger partial charge in [0.05, 0.1) is 10.0 Å². The van der Waals surface area contributed by atoms with Crippen molar-refractivity contribution in [2.75, 3.05) is 0 Å². The lowest BCUT2D eigenvalue weighted by atomic mass is 9.86. The Bertz CT molecular complexity index is 1000. The molecule has 0 amide bonds. The maximum Gasteiger partial charge on any atom is 0.446 e. The zero-order valence-electron chi connectivity index (χ0n) is 13.1. The van der Waals surface area contributed by atoms with Gasteiger partial charge in [0.2, 0.25) is 0 Å². The lowest BCUT2D eigenvalue weighted by molar-refractivity contribution is 0.0765. The van der Waals surface area contributed by atoms with E-state index in [2.05, 4.69) is 36.0 Å². The molecule has 2 aromatic rings. The van der Waals surface area contributed by atoms with Gasteiger partial charge in [-0.2, -0.15) is 8.42 Å². The van der Waals surface area contributed by atoms with Gasteiger partial charge in [-0.05, 0) is 58.7 Å². The quantitative estimate of drug-likeness (QED) is 0.480. The normalized spacial score (nSPS) is 22.5. The molecule has 2 N–H and O–H groups in total. The third kappa shape index (κ3) is 3.59. The van der Waals surface area contributed by atoms with E-state index >= 15 is 0 Å². The minimum Gasteiger partial charge on any atom is -0.507 e. The highest BCUT2D eigenvalue weighted by atomic mass is 79.9. The Morgan fingerprint density at radius 1 is 1.23 bits per heavy atom. The van der Waals surface area contributed by atoms with Crippen molar-refractivity contribution < 1.29 is 31.8 Å². The van der Waals surface area contributed by atoms with E-state index in [1.54, 1.807) is 19.1 Å². The summed E-state index contributed by atoms with van der Waals surface area (Å²) >= 11 is 6.63. The largest absolute Gasteiger partial charge is 0.507 e. The second-order valence-electron chi connectivity index (χ2n) is 5.78. The number of alkyl halides is 1. The van der Waals surface area contributed by atoms with Gasteiger partial charge in [-0.1, -0.05) is 22.0 Å². The zero-order valence-corrected chi connectivity index (χ0v) is 17.1. The number of phenolic OH excluding ortho intramolecular Hbond substituents is 1. The van der Waals surface area contributed by atoms with E-state index in [1.165, 1.54) is 24.3 Å². The summed E-state index contributed by atoms with van der Waals surface area (Å²) < 4.78 is 40.1. The van der Waals surface area contributed by atoms with Gasteiger partial charge in [0, 0.05) is 0 Å². The number of halogens is 2. The number of Topliss-reactive ketones (excluding diaryl/α,β-unsaturated/α-hetero) is 1. The molecule has 138 valence electrons. The van der Waals surface area contributed by atoms with Crippen LogP contribution in [-0.4, -0.2) is 28.2 Å². The van der Waals surface area contributed by atoms with Gasteiger partial charge in [0.15, 0.2) is 5.78 Å². The van der Waals surface area contributed by atoms with Gasteiger partial charge >= 0.3 is 10.4 Å². The molecule has 0 radical (unpaired) electrons. The van der Waals surface area contributed by atoms with Crippen molar-refractivity contribution in [1.82, 2.24) is 0 Å². The molecule has 1 aliphatic rings. The van der Waals surface area contributed by atoms with Crippen molar-refractivity contribution >= 4 is 48.0 Å². The second-order valence-corrected chi connectivity index (χ2v) is 9.31. The first-order valence-corrected chi connectivity index (χ1v) is 10.1. The highest BCUT2D eigenvalue weighted by Gasteiger charge is 2.47. The van der Waals surface area contributed by atoms with Crippen LogP contribution in [-0.2, 0) is 10.4 Å². The van der Waals surface area contributed by atoms with Crippen molar-refractivity contribution in [2.24, 2.45) is 0 Å². The summed E-state index contributed by atoms with van der Waals surface area (Å²) in [6.07, 6.45) is -0.701. The summed E-state index contributed by atoms with van der Waals surface area (Å²) in [6.45, 7) is 1.63. The lowest BCUT2D eigenvalue weighted by Gasteiger charge is -2.37. The van der Waals surface area contributed by atoms with E-state index in [1.807, 2.05) is 0 Å². The number of phenols is 1. The number of carbonyl (C=O) groups excluding carboxylic acids is 1. The molecule has 2 atom stereocenters. The van der Waals surface area contributed by atoms with Crippen molar-refractivity contribution in [1.29, 1.82) is 0 Å². The molecule has 1 heterocycles. The fourth-order valence-electron chi connectivity index (χ4n) is 2.65. The number of hydrogen-bond donors (Lipinski definition) is 2. The average molecular weight is 508 g/mol. The monoisotopic (exact) mass is 506 g/mol. The van der Waals surface area contributed by atoms with Crippen molar-refractivity contribution in [3.8, 4) is 17.2 Å². The number of aromatic hydroxyl groups is 1. The predicted molar refractivity (Wildman–Crippen MR) is 99.5 cm³/mol. The number of ketones is 1. The first kappa shape index (κ1) is 19.2. The summed E-state index contributed by atoms with van der Waals surface area (Å²) in [6, 6.07) is 8.60. The van der Waals surface area contributed by atoms with Crippen molar-refractivity contribution in [2.45, 2.75) is 17.4 Å². The SMILES string of the molecule is CC1(Br)C(=O)c2cc(OS(=O)(=O)O)ccc2OC1c1ccc(O)c(Br)c1. The topological polar surface area (TPSA) is 110 Å². The van der Waals surface area contributed by atoms with E-state index < -0.39 is 20.8 Å². The molecule has 0 saturated heterocycles. The molecular formula is C16H12Br2O7S. The van der Waals surface area contributed by atoms with Crippen LogP contribution in [0.4, 0.5) is 0 Å². The van der Waals surface area contributed by atoms with Gasteiger partial charge in [0.25, 0.3) is 0 Å². The fourth-order valence-corrected chi connectivity index (χ4v) is 3.96. The van der Waals surface area contributed by atoms with Crippen molar-refractivity contribution in [3.05, 3.63) is 52.0 Å². The number of fused-ring (bicyclic) bond motifs is 1. The standard InChI is InChI=1S/C16H12Br2O7S/c1-16(18)14(20)10-7-9(25-26(21,22)23)3-5-13(10)24-15(16)8-2-4-12(19)11(17)6-8/h2-7,15,19H,1H3,(H,21,22,23). The third-order valence-corrected chi connectivity index (χ3v) is 5.67. The highest BCUT2D eigenvalue weighted by molar-refractivity contribution is 9.10. The highest BCUT2D eigenvalue weighted by Crippen LogP contribution is 2.47. The van der Waals surface area contributed by atoms with Crippen LogP contribution < -0.4 is 8.92 Å². The predicted octanol–water partition coefficient (Wildman–Crippen LogP) is 3.81. The van der Waals surface area contributed by atoms with Gasteiger partial charge in [-0.15, -0.1) is 0 Å². The minimum absolute atomic E-state index is 0.0552. The summed E-state index contributed by atoms with van der Waals surface area (Å²) in [4.78, 5) is 12.9. The molecule has 26 heavy (non-hydrogen) atoms. The Morgan fingerprint density at radius 2 is 1.92 bits per heavy atom. The van der Waals surface area contributed by atoms with Crippen LogP contribution in [0.25, 0.3) is 0 Å². The molecule has 0 aromatic heterocycles. The van der Waals surface area contributed by atoms with Crippen LogP contribution in [0, 0.1) is 0 Å². The molecule has 2 unspecified atom stereocenters. The Labute approximate surface area is 166 Å². The molecular weight excluding hydrogens is 496 g/mol. The van der Waals surface area contributed by atoms with E-state index in [-0.39, 0.29) is 28.6 Å². The van der Waals surface area contributed by atoms with Gasteiger partial charge in [-0.3, -0.25) is 9.35 Å². The Balaban J connectivity index is 2.05. The lowest BCUT2D eigenvalue weighted by Crippen LogP contribution is -2.42. The van der Waals surface area contributed by atoms with Crippen LogP contribution in [0.1, 0.15) is 28.9 Å². The summed E-state index contributed by atoms with van der Waals surface area (Å²) in [5.74, 6) is -0.269. The molecule has 7 nitrogen and oxygen atoms in total. The van der Waals surface area contributed by atoms with Gasteiger partial charge in [-0.25, -0.2) is 0 Å². The summed E-state index contributed by atoms with van der Waals surface area (Å²) in [7, 11) is -4.71. The van der Waals surface area contributed by atoms with Crippen LogP contribution >= 0.6 is 31.9 Å². The number of ether oxygens (including phenoxy) is 1. The molecule has 1 aliphatic heterocycles. The molecule has 0 spiro atoms.